The Kier molecular flexibility index (Phi) is 6.64. The van der Waals surface area contributed by atoms with Crippen LogP contribution in [0.1, 0.15) is 33.1 Å². The van der Waals surface area contributed by atoms with Crippen molar-refractivity contribution in [2.24, 2.45) is 0 Å². The van der Waals surface area contributed by atoms with E-state index in [0.717, 1.165) is 11.1 Å². The summed E-state index contributed by atoms with van der Waals surface area (Å²) in [5.41, 5.74) is 3.55. The maximum absolute atomic E-state index is 13.4. The number of benzene rings is 2. The number of hydrogen-bond donors (Lipinski definition) is 1. The molecule has 0 aliphatic rings. The first kappa shape index (κ1) is 23.1. The van der Waals surface area contributed by atoms with Crippen LogP contribution in [0.5, 0.6) is 0 Å². The Morgan fingerprint density at radius 2 is 1.48 bits per heavy atom. The molecule has 164 valence electrons. The molecule has 0 fully saturated rings. The lowest BCUT2D eigenvalue weighted by Gasteiger charge is -2.20. The van der Waals surface area contributed by atoms with Gasteiger partial charge in [-0.3, -0.25) is 4.98 Å². The van der Waals surface area contributed by atoms with E-state index in [-0.39, 0.29) is 16.3 Å². The fourth-order valence-corrected chi connectivity index (χ4v) is 6.96. The van der Waals surface area contributed by atoms with Crippen molar-refractivity contribution >= 4 is 19.9 Å². The van der Waals surface area contributed by atoms with Crippen LogP contribution in [-0.2, 0) is 19.9 Å². The van der Waals surface area contributed by atoms with Gasteiger partial charge >= 0.3 is 0 Å². The number of sulfonamides is 1. The highest BCUT2D eigenvalue weighted by Gasteiger charge is 2.31. The predicted molar refractivity (Wildman–Crippen MR) is 121 cm³/mol. The van der Waals surface area contributed by atoms with E-state index in [0.29, 0.717) is 16.7 Å². The summed E-state index contributed by atoms with van der Waals surface area (Å²) in [5, 5.41) is -1.12. The van der Waals surface area contributed by atoms with Crippen LogP contribution in [0.15, 0.2) is 70.7 Å². The standard InChI is InChI=1S/C23H26N2O4S2/c1-16-7-9-21(10-8-16)30(26,27)22(20-6-5-11-24-14-20)15-25-31(28,29)23-18(3)12-17(2)13-19(23)4/h5-14,22,25H,15H2,1-4H3/t22-/m0/s1. The highest BCUT2D eigenvalue weighted by molar-refractivity contribution is 7.92. The number of aromatic nitrogens is 1. The maximum Gasteiger partial charge on any atom is 0.241 e. The Labute approximate surface area is 184 Å². The number of hydrogen-bond acceptors (Lipinski definition) is 5. The molecular weight excluding hydrogens is 432 g/mol. The van der Waals surface area contributed by atoms with E-state index in [9.17, 15) is 16.8 Å². The highest BCUT2D eigenvalue weighted by Crippen LogP contribution is 2.29. The zero-order valence-corrected chi connectivity index (χ0v) is 19.6. The largest absolute Gasteiger partial charge is 0.264 e. The number of rotatable bonds is 7. The molecule has 6 nitrogen and oxygen atoms in total. The minimum absolute atomic E-state index is 0.133. The Hall–Kier alpha value is -2.55. The molecule has 3 aromatic rings. The van der Waals surface area contributed by atoms with Gasteiger partial charge in [0.1, 0.15) is 5.25 Å². The van der Waals surface area contributed by atoms with Crippen molar-refractivity contribution in [1.29, 1.82) is 0 Å². The van der Waals surface area contributed by atoms with Crippen molar-refractivity contribution in [2.75, 3.05) is 6.54 Å². The van der Waals surface area contributed by atoms with Crippen LogP contribution < -0.4 is 4.72 Å². The fourth-order valence-electron chi connectivity index (χ4n) is 3.71. The lowest BCUT2D eigenvalue weighted by atomic mass is 10.1. The molecule has 0 aliphatic heterocycles. The van der Waals surface area contributed by atoms with E-state index < -0.39 is 25.1 Å². The van der Waals surface area contributed by atoms with Crippen LogP contribution in [-0.4, -0.2) is 28.4 Å². The Bertz CT molecular complexity index is 1260. The van der Waals surface area contributed by atoms with E-state index in [4.69, 9.17) is 0 Å². The zero-order valence-electron chi connectivity index (χ0n) is 18.0. The molecule has 0 radical (unpaired) electrons. The van der Waals surface area contributed by atoms with Crippen molar-refractivity contribution < 1.29 is 16.8 Å². The molecule has 31 heavy (non-hydrogen) atoms. The summed E-state index contributed by atoms with van der Waals surface area (Å²) in [6.45, 7) is 6.93. The molecule has 0 unspecified atom stereocenters. The first-order valence-corrected chi connectivity index (χ1v) is 12.8. The van der Waals surface area contributed by atoms with Crippen LogP contribution in [0, 0.1) is 27.7 Å². The number of aryl methyl sites for hydroxylation is 4. The van der Waals surface area contributed by atoms with Crippen molar-refractivity contribution in [3.05, 3.63) is 88.7 Å². The summed E-state index contributed by atoms with van der Waals surface area (Å²) in [6.07, 6.45) is 3.00. The Morgan fingerprint density at radius 1 is 0.871 bits per heavy atom. The second-order valence-corrected chi connectivity index (χ2v) is 11.5. The third-order valence-electron chi connectivity index (χ3n) is 5.11. The predicted octanol–water partition coefficient (Wildman–Crippen LogP) is 3.81. The van der Waals surface area contributed by atoms with Gasteiger partial charge in [-0.05, 0) is 62.6 Å². The molecule has 3 rings (SSSR count). The molecule has 0 aliphatic carbocycles. The van der Waals surface area contributed by atoms with Gasteiger partial charge in [0.15, 0.2) is 9.84 Å². The second kappa shape index (κ2) is 8.90. The maximum atomic E-state index is 13.4. The average molecular weight is 459 g/mol. The quantitative estimate of drug-likeness (QED) is 0.581. The first-order chi connectivity index (χ1) is 14.5. The third-order valence-corrected chi connectivity index (χ3v) is 8.96. The minimum atomic E-state index is -3.93. The number of pyridine rings is 1. The van der Waals surface area contributed by atoms with Crippen LogP contribution in [0.3, 0.4) is 0 Å². The van der Waals surface area contributed by atoms with Gasteiger partial charge in [-0.2, -0.15) is 0 Å². The normalized spacial score (nSPS) is 13.2. The average Bonchev–Trinajstić information content (AvgIpc) is 2.68. The molecule has 0 spiro atoms. The van der Waals surface area contributed by atoms with Gasteiger partial charge in [-0.1, -0.05) is 41.5 Å². The van der Waals surface area contributed by atoms with Gasteiger partial charge in [-0.25, -0.2) is 21.6 Å². The van der Waals surface area contributed by atoms with E-state index >= 15 is 0 Å². The van der Waals surface area contributed by atoms with Crippen molar-refractivity contribution in [3.63, 3.8) is 0 Å². The molecule has 1 atom stereocenters. The topological polar surface area (TPSA) is 93.2 Å². The number of sulfone groups is 1. The smallest absolute Gasteiger partial charge is 0.241 e. The summed E-state index contributed by atoms with van der Waals surface area (Å²) in [4.78, 5) is 4.34. The third kappa shape index (κ3) is 5.03. The van der Waals surface area contributed by atoms with Crippen molar-refractivity contribution in [3.8, 4) is 0 Å². The monoisotopic (exact) mass is 458 g/mol. The van der Waals surface area contributed by atoms with Gasteiger partial charge in [0.25, 0.3) is 0 Å². The van der Waals surface area contributed by atoms with Gasteiger partial charge < -0.3 is 0 Å². The molecular formula is C23H26N2O4S2. The summed E-state index contributed by atoms with van der Waals surface area (Å²) >= 11 is 0. The van der Waals surface area contributed by atoms with Crippen molar-refractivity contribution in [1.82, 2.24) is 9.71 Å². The minimum Gasteiger partial charge on any atom is -0.264 e. The SMILES string of the molecule is Cc1ccc(S(=O)(=O)[C@@H](CNS(=O)(=O)c2c(C)cc(C)cc2C)c2cccnc2)cc1. The molecule has 2 aromatic carbocycles. The molecule has 1 heterocycles. The molecule has 1 aromatic heterocycles. The highest BCUT2D eigenvalue weighted by atomic mass is 32.2. The van der Waals surface area contributed by atoms with Gasteiger partial charge in [0, 0.05) is 18.9 Å². The molecule has 0 amide bonds. The van der Waals surface area contributed by atoms with E-state index in [1.165, 1.54) is 18.3 Å². The molecule has 0 saturated heterocycles. The molecule has 1 N–H and O–H groups in total. The molecule has 0 saturated carbocycles. The summed E-state index contributed by atoms with van der Waals surface area (Å²) in [6, 6.07) is 13.4. The number of nitrogens with zero attached hydrogens (tertiary/aromatic N) is 1. The van der Waals surface area contributed by atoms with Crippen LogP contribution in [0.4, 0.5) is 0 Å². The molecule has 0 bridgehead atoms. The van der Waals surface area contributed by atoms with Gasteiger partial charge in [0.2, 0.25) is 10.0 Å². The summed E-state index contributed by atoms with van der Waals surface area (Å²) in [7, 11) is -7.79. The summed E-state index contributed by atoms with van der Waals surface area (Å²) in [5.74, 6) is 0. The van der Waals surface area contributed by atoms with E-state index in [1.807, 2.05) is 13.8 Å². The lowest BCUT2D eigenvalue weighted by Crippen LogP contribution is -2.32. The first-order valence-electron chi connectivity index (χ1n) is 9.80. The van der Waals surface area contributed by atoms with Gasteiger partial charge in [0.05, 0.1) is 9.79 Å². The number of nitrogens with one attached hydrogen (secondary N) is 1. The van der Waals surface area contributed by atoms with Crippen LogP contribution >= 0.6 is 0 Å². The fraction of sp³-hybridized carbons (Fsp3) is 0.261. The van der Waals surface area contributed by atoms with Gasteiger partial charge in [-0.15, -0.1) is 0 Å². The van der Waals surface area contributed by atoms with E-state index in [1.54, 1.807) is 56.4 Å². The second-order valence-electron chi connectivity index (χ2n) is 7.71. The zero-order chi connectivity index (χ0) is 22.8. The van der Waals surface area contributed by atoms with Crippen LogP contribution in [0.25, 0.3) is 0 Å². The molecule has 8 heteroatoms. The van der Waals surface area contributed by atoms with Crippen molar-refractivity contribution in [2.45, 2.75) is 42.7 Å². The lowest BCUT2D eigenvalue weighted by molar-refractivity contribution is 0.568. The van der Waals surface area contributed by atoms with Crippen LogP contribution in [0.2, 0.25) is 0 Å². The Morgan fingerprint density at radius 3 is 2.03 bits per heavy atom. The Balaban J connectivity index is 2.00. The summed E-state index contributed by atoms with van der Waals surface area (Å²) < 4.78 is 55.6. The van der Waals surface area contributed by atoms with E-state index in [2.05, 4.69) is 9.71 Å².